The first-order chi connectivity index (χ1) is 7.14. The van der Waals surface area contributed by atoms with Crippen LogP contribution in [0.2, 0.25) is 0 Å². The second-order valence-electron chi connectivity index (χ2n) is 4.44. The highest BCUT2D eigenvalue weighted by molar-refractivity contribution is 4.93. The van der Waals surface area contributed by atoms with E-state index in [0.717, 1.165) is 25.2 Å². The molecule has 0 aliphatic rings. The van der Waals surface area contributed by atoms with Crippen LogP contribution in [-0.4, -0.2) is 28.2 Å². The van der Waals surface area contributed by atoms with Crippen molar-refractivity contribution in [2.45, 2.75) is 26.8 Å². The average Bonchev–Trinajstić information content (AvgIpc) is 2.19. The van der Waals surface area contributed by atoms with E-state index >= 15 is 0 Å². The number of hydrogen-bond acceptors (Lipinski definition) is 4. The SMILES string of the molecule is CC(C)(CCO)CNCc1cnccn1. The van der Waals surface area contributed by atoms with Crippen LogP contribution in [0.3, 0.4) is 0 Å². The zero-order valence-corrected chi connectivity index (χ0v) is 9.40. The Bertz CT molecular complexity index is 274. The third kappa shape index (κ3) is 4.85. The maximum Gasteiger partial charge on any atom is 0.0724 e. The third-order valence-electron chi connectivity index (χ3n) is 2.31. The van der Waals surface area contributed by atoms with Crippen molar-refractivity contribution in [3.05, 3.63) is 24.3 Å². The van der Waals surface area contributed by atoms with E-state index in [9.17, 15) is 0 Å². The summed E-state index contributed by atoms with van der Waals surface area (Å²) in [6.07, 6.45) is 5.92. The summed E-state index contributed by atoms with van der Waals surface area (Å²) in [4.78, 5) is 8.16. The third-order valence-corrected chi connectivity index (χ3v) is 2.31. The van der Waals surface area contributed by atoms with Crippen molar-refractivity contribution < 1.29 is 5.11 Å². The highest BCUT2D eigenvalue weighted by Gasteiger charge is 2.16. The molecule has 0 amide bonds. The monoisotopic (exact) mass is 209 g/mol. The lowest BCUT2D eigenvalue weighted by Crippen LogP contribution is -2.30. The Morgan fingerprint density at radius 3 is 2.80 bits per heavy atom. The van der Waals surface area contributed by atoms with E-state index in [1.165, 1.54) is 0 Å². The molecule has 0 radical (unpaired) electrons. The summed E-state index contributed by atoms with van der Waals surface area (Å²) in [5.41, 5.74) is 1.06. The van der Waals surface area contributed by atoms with Crippen LogP contribution in [0, 0.1) is 5.41 Å². The van der Waals surface area contributed by atoms with Gasteiger partial charge in [-0.2, -0.15) is 0 Å². The molecule has 1 aromatic rings. The van der Waals surface area contributed by atoms with Crippen LogP contribution in [0.25, 0.3) is 0 Å². The van der Waals surface area contributed by atoms with Gasteiger partial charge in [0.2, 0.25) is 0 Å². The minimum Gasteiger partial charge on any atom is -0.396 e. The topological polar surface area (TPSA) is 58.0 Å². The molecule has 1 heterocycles. The van der Waals surface area contributed by atoms with E-state index in [1.54, 1.807) is 18.6 Å². The first-order valence-corrected chi connectivity index (χ1v) is 5.20. The van der Waals surface area contributed by atoms with Crippen LogP contribution in [0.15, 0.2) is 18.6 Å². The summed E-state index contributed by atoms with van der Waals surface area (Å²) in [5.74, 6) is 0. The molecular weight excluding hydrogens is 190 g/mol. The standard InChI is InChI=1S/C11H19N3O/c1-11(2,3-6-15)9-13-8-10-7-12-4-5-14-10/h4-5,7,13,15H,3,6,8-9H2,1-2H3. The summed E-state index contributed by atoms with van der Waals surface area (Å²) >= 11 is 0. The van der Waals surface area contributed by atoms with Crippen LogP contribution in [0.1, 0.15) is 26.0 Å². The van der Waals surface area contributed by atoms with Crippen molar-refractivity contribution in [1.29, 1.82) is 0 Å². The molecule has 0 atom stereocenters. The molecule has 4 nitrogen and oxygen atoms in total. The molecule has 0 spiro atoms. The molecule has 15 heavy (non-hydrogen) atoms. The Morgan fingerprint density at radius 1 is 1.40 bits per heavy atom. The molecule has 1 aromatic heterocycles. The van der Waals surface area contributed by atoms with Gasteiger partial charge in [0.1, 0.15) is 0 Å². The normalized spacial score (nSPS) is 11.7. The van der Waals surface area contributed by atoms with Crippen LogP contribution in [0.5, 0.6) is 0 Å². The Morgan fingerprint density at radius 2 is 2.20 bits per heavy atom. The first-order valence-electron chi connectivity index (χ1n) is 5.20. The molecule has 0 aliphatic carbocycles. The molecule has 0 aliphatic heterocycles. The summed E-state index contributed by atoms with van der Waals surface area (Å²) in [7, 11) is 0. The molecule has 84 valence electrons. The number of aliphatic hydroxyl groups is 1. The highest BCUT2D eigenvalue weighted by Crippen LogP contribution is 2.17. The van der Waals surface area contributed by atoms with Crippen LogP contribution >= 0.6 is 0 Å². The molecule has 0 saturated carbocycles. The molecule has 0 saturated heterocycles. The molecule has 4 heteroatoms. The quantitative estimate of drug-likeness (QED) is 0.733. The fourth-order valence-electron chi connectivity index (χ4n) is 1.34. The second kappa shape index (κ2) is 5.78. The summed E-state index contributed by atoms with van der Waals surface area (Å²) in [5, 5.41) is 12.2. The van der Waals surface area contributed by atoms with Gasteiger partial charge in [-0.1, -0.05) is 13.8 Å². The Hall–Kier alpha value is -1.00. The fraction of sp³-hybridized carbons (Fsp3) is 0.636. The van der Waals surface area contributed by atoms with Gasteiger partial charge in [-0.25, -0.2) is 0 Å². The Labute approximate surface area is 90.8 Å². The number of nitrogens with zero attached hydrogens (tertiary/aromatic N) is 2. The molecular formula is C11H19N3O. The molecule has 1 rings (SSSR count). The van der Waals surface area contributed by atoms with Gasteiger partial charge in [0.05, 0.1) is 5.69 Å². The predicted molar refractivity (Wildman–Crippen MR) is 59.2 cm³/mol. The smallest absolute Gasteiger partial charge is 0.0724 e. The number of aliphatic hydroxyl groups excluding tert-OH is 1. The molecule has 0 aromatic carbocycles. The highest BCUT2D eigenvalue weighted by atomic mass is 16.3. The molecule has 0 fully saturated rings. The summed E-state index contributed by atoms with van der Waals surface area (Å²) in [6, 6.07) is 0. The van der Waals surface area contributed by atoms with Crippen molar-refractivity contribution in [2.24, 2.45) is 5.41 Å². The average molecular weight is 209 g/mol. The van der Waals surface area contributed by atoms with E-state index in [4.69, 9.17) is 5.11 Å². The van der Waals surface area contributed by atoms with Crippen molar-refractivity contribution in [1.82, 2.24) is 15.3 Å². The van der Waals surface area contributed by atoms with Crippen molar-refractivity contribution in [3.63, 3.8) is 0 Å². The van der Waals surface area contributed by atoms with E-state index in [2.05, 4.69) is 29.1 Å². The minimum atomic E-state index is 0.122. The Kier molecular flexibility index (Phi) is 4.65. The zero-order chi connectivity index (χ0) is 11.1. The van der Waals surface area contributed by atoms with Gasteiger partial charge < -0.3 is 10.4 Å². The van der Waals surface area contributed by atoms with E-state index in [1.807, 2.05) is 0 Å². The number of aromatic nitrogens is 2. The second-order valence-corrected chi connectivity index (χ2v) is 4.44. The maximum atomic E-state index is 8.87. The number of nitrogens with one attached hydrogen (secondary N) is 1. The minimum absolute atomic E-state index is 0.122. The van der Waals surface area contributed by atoms with E-state index in [0.29, 0.717) is 0 Å². The van der Waals surface area contributed by atoms with Gasteiger partial charge >= 0.3 is 0 Å². The first kappa shape index (κ1) is 12.1. The van der Waals surface area contributed by atoms with Crippen molar-refractivity contribution in [2.75, 3.05) is 13.2 Å². The summed E-state index contributed by atoms with van der Waals surface area (Å²) < 4.78 is 0. The Balaban J connectivity index is 2.27. The number of hydrogen-bond donors (Lipinski definition) is 2. The summed E-state index contributed by atoms with van der Waals surface area (Å²) in [6.45, 7) is 6.09. The van der Waals surface area contributed by atoms with Gasteiger partial charge in [-0.05, 0) is 11.8 Å². The zero-order valence-electron chi connectivity index (χ0n) is 9.40. The van der Waals surface area contributed by atoms with Gasteiger partial charge in [0.15, 0.2) is 0 Å². The lowest BCUT2D eigenvalue weighted by molar-refractivity contribution is 0.207. The van der Waals surface area contributed by atoms with Gasteiger partial charge in [0.25, 0.3) is 0 Å². The molecule has 0 bridgehead atoms. The van der Waals surface area contributed by atoms with Gasteiger partial charge in [-0.15, -0.1) is 0 Å². The van der Waals surface area contributed by atoms with Crippen molar-refractivity contribution >= 4 is 0 Å². The fourth-order valence-corrected chi connectivity index (χ4v) is 1.34. The lowest BCUT2D eigenvalue weighted by Gasteiger charge is -2.23. The molecule has 0 unspecified atom stereocenters. The largest absolute Gasteiger partial charge is 0.396 e. The van der Waals surface area contributed by atoms with E-state index in [-0.39, 0.29) is 12.0 Å². The van der Waals surface area contributed by atoms with Gasteiger partial charge in [-0.3, -0.25) is 9.97 Å². The van der Waals surface area contributed by atoms with Crippen LogP contribution in [-0.2, 0) is 6.54 Å². The van der Waals surface area contributed by atoms with Crippen LogP contribution < -0.4 is 5.32 Å². The molecule has 2 N–H and O–H groups in total. The number of rotatable bonds is 6. The van der Waals surface area contributed by atoms with Crippen molar-refractivity contribution in [3.8, 4) is 0 Å². The predicted octanol–water partition coefficient (Wildman–Crippen LogP) is 0.975. The maximum absolute atomic E-state index is 8.87. The van der Waals surface area contributed by atoms with Gasteiger partial charge in [0, 0.05) is 38.3 Å². The lowest BCUT2D eigenvalue weighted by atomic mass is 9.90. The van der Waals surface area contributed by atoms with Crippen LogP contribution in [0.4, 0.5) is 0 Å². The van der Waals surface area contributed by atoms with E-state index < -0.39 is 0 Å².